The molecule has 1 N–H and O–H groups in total. The smallest absolute Gasteiger partial charge is 0.339 e. The minimum Gasteiger partial charge on any atom is -0.464 e. The summed E-state index contributed by atoms with van der Waals surface area (Å²) in [6.45, 7) is 5.77. The molecule has 3 heteroatoms. The molecule has 0 saturated carbocycles. The van der Waals surface area contributed by atoms with Crippen LogP contribution in [0.2, 0.25) is 0 Å². The van der Waals surface area contributed by atoms with Crippen LogP contribution in [0.25, 0.3) is 0 Å². The number of aryl methyl sites for hydroxylation is 2. The van der Waals surface area contributed by atoms with Crippen molar-refractivity contribution in [1.29, 1.82) is 0 Å². The zero-order chi connectivity index (χ0) is 11.4. The van der Waals surface area contributed by atoms with Gasteiger partial charge in [0.25, 0.3) is 0 Å². The number of ether oxygens (including phenoxy) is 1. The van der Waals surface area contributed by atoms with E-state index >= 15 is 0 Å². The van der Waals surface area contributed by atoms with Crippen LogP contribution >= 0.6 is 0 Å². The molecule has 0 spiro atoms. The number of rotatable bonds is 3. The van der Waals surface area contributed by atoms with Crippen LogP contribution in [0.1, 0.15) is 29.7 Å². The number of aliphatic hydroxyl groups is 1. The molecule has 0 aliphatic rings. The van der Waals surface area contributed by atoms with Gasteiger partial charge in [0.1, 0.15) is 0 Å². The van der Waals surface area contributed by atoms with E-state index in [1.54, 1.807) is 13.0 Å². The molecule has 1 rings (SSSR count). The van der Waals surface area contributed by atoms with Gasteiger partial charge in [-0.3, -0.25) is 0 Å². The molecule has 0 aliphatic carbocycles. The summed E-state index contributed by atoms with van der Waals surface area (Å²) in [7, 11) is 0. The highest BCUT2D eigenvalue weighted by molar-refractivity contribution is 5.76. The Morgan fingerprint density at radius 2 is 2.13 bits per heavy atom. The Kier molecular flexibility index (Phi) is 3.86. The Morgan fingerprint density at radius 3 is 2.73 bits per heavy atom. The van der Waals surface area contributed by atoms with Gasteiger partial charge in [-0.05, 0) is 31.9 Å². The molecule has 15 heavy (non-hydrogen) atoms. The van der Waals surface area contributed by atoms with Crippen molar-refractivity contribution in [2.24, 2.45) is 0 Å². The third-order valence-corrected chi connectivity index (χ3v) is 2.24. The third kappa shape index (κ3) is 2.80. The molecule has 0 amide bonds. The Bertz CT molecular complexity index is 358. The lowest BCUT2D eigenvalue weighted by Gasteiger charge is -2.13. The molecule has 3 nitrogen and oxygen atoms in total. The molecule has 1 aromatic carbocycles. The Morgan fingerprint density at radius 1 is 1.47 bits per heavy atom. The quantitative estimate of drug-likeness (QED) is 0.772. The highest BCUT2D eigenvalue weighted by Gasteiger charge is 2.20. The van der Waals surface area contributed by atoms with Crippen molar-refractivity contribution in [3.63, 3.8) is 0 Å². The lowest BCUT2D eigenvalue weighted by Crippen LogP contribution is -2.16. The molecule has 0 aromatic heterocycles. The highest BCUT2D eigenvalue weighted by atomic mass is 16.5. The molecule has 82 valence electrons. The number of aliphatic hydroxyl groups excluding tert-OH is 1. The Labute approximate surface area is 89.7 Å². The topological polar surface area (TPSA) is 46.5 Å². The molecular weight excluding hydrogens is 192 g/mol. The van der Waals surface area contributed by atoms with Crippen molar-refractivity contribution in [3.05, 3.63) is 34.9 Å². The number of hydrogen-bond donors (Lipinski definition) is 1. The fourth-order valence-corrected chi connectivity index (χ4v) is 1.40. The number of carbonyl (C=O) groups excluding carboxylic acids is 1. The molecule has 0 bridgehead atoms. The van der Waals surface area contributed by atoms with Crippen LogP contribution in [-0.2, 0) is 9.53 Å². The summed E-state index contributed by atoms with van der Waals surface area (Å²) in [5.74, 6) is -0.591. The van der Waals surface area contributed by atoms with Gasteiger partial charge in [-0.25, -0.2) is 4.79 Å². The number of esters is 1. The molecular formula is C12H16O3. The van der Waals surface area contributed by atoms with Crippen LogP contribution in [0.4, 0.5) is 0 Å². The van der Waals surface area contributed by atoms with E-state index in [1.807, 2.05) is 26.0 Å². The molecule has 0 aliphatic heterocycles. The summed E-state index contributed by atoms with van der Waals surface area (Å²) >= 11 is 0. The summed E-state index contributed by atoms with van der Waals surface area (Å²) in [6.07, 6.45) is -1.18. The zero-order valence-electron chi connectivity index (χ0n) is 9.28. The van der Waals surface area contributed by atoms with E-state index in [-0.39, 0.29) is 6.61 Å². The van der Waals surface area contributed by atoms with Gasteiger partial charge in [0.05, 0.1) is 6.61 Å². The van der Waals surface area contributed by atoms with Crippen molar-refractivity contribution in [3.8, 4) is 0 Å². The normalized spacial score (nSPS) is 12.3. The van der Waals surface area contributed by atoms with Crippen LogP contribution in [0.15, 0.2) is 18.2 Å². The molecule has 1 unspecified atom stereocenters. The second-order valence-corrected chi connectivity index (χ2v) is 3.51. The van der Waals surface area contributed by atoms with Crippen LogP contribution in [0.3, 0.4) is 0 Å². The van der Waals surface area contributed by atoms with E-state index in [0.717, 1.165) is 11.1 Å². The fourth-order valence-electron chi connectivity index (χ4n) is 1.40. The van der Waals surface area contributed by atoms with Gasteiger partial charge in [-0.1, -0.05) is 23.8 Å². The first-order valence-electron chi connectivity index (χ1n) is 4.98. The van der Waals surface area contributed by atoms with Gasteiger partial charge < -0.3 is 9.84 Å². The minimum absolute atomic E-state index is 0.279. The summed E-state index contributed by atoms with van der Waals surface area (Å²) < 4.78 is 4.76. The van der Waals surface area contributed by atoms with E-state index in [9.17, 15) is 9.90 Å². The summed E-state index contributed by atoms with van der Waals surface area (Å²) in [6, 6.07) is 5.63. The average Bonchev–Trinajstić information content (AvgIpc) is 2.21. The summed E-state index contributed by atoms with van der Waals surface area (Å²) in [4.78, 5) is 11.3. The molecule has 0 saturated heterocycles. The maximum Gasteiger partial charge on any atom is 0.339 e. The molecule has 0 radical (unpaired) electrons. The summed E-state index contributed by atoms with van der Waals surface area (Å²) in [5.41, 5.74) is 2.52. The van der Waals surface area contributed by atoms with Crippen molar-refractivity contribution in [1.82, 2.24) is 0 Å². The second kappa shape index (κ2) is 4.94. The van der Waals surface area contributed by atoms with Crippen LogP contribution in [0.5, 0.6) is 0 Å². The van der Waals surface area contributed by atoms with Gasteiger partial charge in [-0.2, -0.15) is 0 Å². The van der Waals surface area contributed by atoms with Crippen molar-refractivity contribution < 1.29 is 14.6 Å². The van der Waals surface area contributed by atoms with Gasteiger partial charge >= 0.3 is 5.97 Å². The van der Waals surface area contributed by atoms with E-state index in [4.69, 9.17) is 4.74 Å². The molecule has 0 heterocycles. The van der Waals surface area contributed by atoms with Gasteiger partial charge in [0.2, 0.25) is 0 Å². The van der Waals surface area contributed by atoms with Gasteiger partial charge in [-0.15, -0.1) is 0 Å². The standard InChI is InChI=1S/C12H16O3/c1-4-15-12(14)11(13)10-7-8(2)5-6-9(10)3/h5-7,11,13H,4H2,1-3H3. The summed E-state index contributed by atoms with van der Waals surface area (Å²) in [5, 5.41) is 9.75. The SMILES string of the molecule is CCOC(=O)C(O)c1cc(C)ccc1C. The number of carbonyl (C=O) groups is 1. The highest BCUT2D eigenvalue weighted by Crippen LogP contribution is 2.20. The first kappa shape index (κ1) is 11.7. The maximum atomic E-state index is 11.3. The second-order valence-electron chi connectivity index (χ2n) is 3.51. The minimum atomic E-state index is -1.18. The fraction of sp³-hybridized carbons (Fsp3) is 0.417. The maximum absolute atomic E-state index is 11.3. The monoisotopic (exact) mass is 208 g/mol. The first-order valence-corrected chi connectivity index (χ1v) is 4.98. The van der Waals surface area contributed by atoms with E-state index < -0.39 is 12.1 Å². The van der Waals surface area contributed by atoms with Crippen molar-refractivity contribution in [2.45, 2.75) is 26.9 Å². The van der Waals surface area contributed by atoms with E-state index in [1.165, 1.54) is 0 Å². The number of hydrogen-bond acceptors (Lipinski definition) is 3. The lowest BCUT2D eigenvalue weighted by atomic mass is 10.0. The van der Waals surface area contributed by atoms with Crippen LogP contribution in [0, 0.1) is 13.8 Å². The third-order valence-electron chi connectivity index (χ3n) is 2.24. The van der Waals surface area contributed by atoms with Gasteiger partial charge in [0.15, 0.2) is 6.10 Å². The molecule has 1 atom stereocenters. The van der Waals surface area contributed by atoms with Crippen molar-refractivity contribution in [2.75, 3.05) is 6.61 Å². The Hall–Kier alpha value is -1.35. The van der Waals surface area contributed by atoms with Crippen LogP contribution < -0.4 is 0 Å². The predicted octanol–water partition coefficient (Wildman–Crippen LogP) is 1.90. The molecule has 1 aromatic rings. The zero-order valence-corrected chi connectivity index (χ0v) is 9.28. The van der Waals surface area contributed by atoms with E-state index in [2.05, 4.69) is 0 Å². The number of benzene rings is 1. The average molecular weight is 208 g/mol. The Balaban J connectivity index is 2.94. The lowest BCUT2D eigenvalue weighted by molar-refractivity contribution is -0.153. The first-order chi connectivity index (χ1) is 7.06. The van der Waals surface area contributed by atoms with Crippen molar-refractivity contribution >= 4 is 5.97 Å². The van der Waals surface area contributed by atoms with Crippen LogP contribution in [-0.4, -0.2) is 17.7 Å². The predicted molar refractivity (Wildman–Crippen MR) is 57.5 cm³/mol. The largest absolute Gasteiger partial charge is 0.464 e. The van der Waals surface area contributed by atoms with E-state index in [0.29, 0.717) is 5.56 Å². The molecule has 0 fully saturated rings. The van der Waals surface area contributed by atoms with Gasteiger partial charge in [0, 0.05) is 0 Å².